The van der Waals surface area contributed by atoms with Crippen molar-refractivity contribution in [2.45, 2.75) is 58.6 Å². The van der Waals surface area contributed by atoms with Crippen LogP contribution in [0.1, 0.15) is 47.0 Å². The summed E-state index contributed by atoms with van der Waals surface area (Å²) in [7, 11) is 0. The van der Waals surface area contributed by atoms with Gasteiger partial charge >= 0.3 is 6.09 Å². The Kier molecular flexibility index (Phi) is 4.70. The number of amides is 1. The minimum absolute atomic E-state index is 0.486. The lowest BCUT2D eigenvalue weighted by molar-refractivity contribution is 0.0635. The van der Waals surface area contributed by atoms with Crippen LogP contribution in [0.5, 0.6) is 0 Å². The molecule has 2 atom stereocenters. The monoisotopic (exact) mass is 291 g/mol. The SMILES string of the molecule is CC1CCCC1Nc1ccc(NC(=O)OC(C)(C)C)nc1. The lowest BCUT2D eigenvalue weighted by atomic mass is 10.1. The Morgan fingerprint density at radius 2 is 2.10 bits per heavy atom. The van der Waals surface area contributed by atoms with Crippen LogP contribution in [0.25, 0.3) is 0 Å². The number of carbonyl (C=O) groups is 1. The van der Waals surface area contributed by atoms with Gasteiger partial charge in [-0.3, -0.25) is 5.32 Å². The van der Waals surface area contributed by atoms with E-state index < -0.39 is 11.7 Å². The zero-order chi connectivity index (χ0) is 15.5. The predicted molar refractivity (Wildman–Crippen MR) is 84.5 cm³/mol. The molecule has 0 aromatic carbocycles. The van der Waals surface area contributed by atoms with E-state index in [1.54, 1.807) is 12.3 Å². The molecule has 0 saturated heterocycles. The highest BCUT2D eigenvalue weighted by molar-refractivity contribution is 5.83. The molecule has 1 aliphatic carbocycles. The van der Waals surface area contributed by atoms with E-state index in [1.165, 1.54) is 19.3 Å². The fourth-order valence-corrected chi connectivity index (χ4v) is 2.54. The standard InChI is InChI=1S/C16H25N3O2/c1-11-6-5-7-13(11)18-12-8-9-14(17-10-12)19-15(20)21-16(2,3)4/h8-11,13,18H,5-7H2,1-4H3,(H,17,19,20). The maximum atomic E-state index is 11.6. The maximum Gasteiger partial charge on any atom is 0.413 e. The summed E-state index contributed by atoms with van der Waals surface area (Å²) < 4.78 is 5.19. The summed E-state index contributed by atoms with van der Waals surface area (Å²) >= 11 is 0. The van der Waals surface area contributed by atoms with Gasteiger partial charge in [0.05, 0.1) is 11.9 Å². The first-order valence-corrected chi connectivity index (χ1v) is 7.56. The molecule has 21 heavy (non-hydrogen) atoms. The number of carbonyl (C=O) groups excluding carboxylic acids is 1. The largest absolute Gasteiger partial charge is 0.444 e. The first-order chi connectivity index (χ1) is 9.83. The summed E-state index contributed by atoms with van der Waals surface area (Å²) in [4.78, 5) is 15.9. The number of pyridine rings is 1. The molecule has 5 nitrogen and oxygen atoms in total. The zero-order valence-corrected chi connectivity index (χ0v) is 13.3. The van der Waals surface area contributed by atoms with E-state index in [9.17, 15) is 4.79 Å². The van der Waals surface area contributed by atoms with Crippen molar-refractivity contribution in [3.05, 3.63) is 18.3 Å². The zero-order valence-electron chi connectivity index (χ0n) is 13.3. The van der Waals surface area contributed by atoms with E-state index in [-0.39, 0.29) is 0 Å². The number of hydrogen-bond acceptors (Lipinski definition) is 4. The van der Waals surface area contributed by atoms with Crippen LogP contribution in [0, 0.1) is 5.92 Å². The van der Waals surface area contributed by atoms with Gasteiger partial charge in [-0.05, 0) is 51.7 Å². The molecule has 0 aliphatic heterocycles. The van der Waals surface area contributed by atoms with Crippen LogP contribution in [0.3, 0.4) is 0 Å². The van der Waals surface area contributed by atoms with E-state index in [4.69, 9.17) is 4.74 Å². The Hall–Kier alpha value is -1.78. The average Bonchev–Trinajstić information content (AvgIpc) is 2.75. The molecule has 2 N–H and O–H groups in total. The molecular formula is C16H25N3O2. The second-order valence-corrected chi connectivity index (χ2v) is 6.72. The Bertz CT molecular complexity index is 479. The topological polar surface area (TPSA) is 63.2 Å². The summed E-state index contributed by atoms with van der Waals surface area (Å²) in [6.07, 6.45) is 5.03. The maximum absolute atomic E-state index is 11.6. The molecule has 116 valence electrons. The van der Waals surface area contributed by atoms with Crippen molar-refractivity contribution in [3.8, 4) is 0 Å². The molecule has 2 unspecified atom stereocenters. The smallest absolute Gasteiger partial charge is 0.413 e. The first kappa shape index (κ1) is 15.6. The van der Waals surface area contributed by atoms with Crippen molar-refractivity contribution in [3.63, 3.8) is 0 Å². The third kappa shape index (κ3) is 4.92. The van der Waals surface area contributed by atoms with E-state index in [0.29, 0.717) is 17.8 Å². The highest BCUT2D eigenvalue weighted by Crippen LogP contribution is 2.27. The van der Waals surface area contributed by atoms with Gasteiger partial charge in [0, 0.05) is 6.04 Å². The number of rotatable bonds is 3. The average molecular weight is 291 g/mol. The summed E-state index contributed by atoms with van der Waals surface area (Å²) in [6.45, 7) is 7.76. The van der Waals surface area contributed by atoms with Gasteiger partial charge in [0.1, 0.15) is 11.4 Å². The van der Waals surface area contributed by atoms with Gasteiger partial charge in [0.15, 0.2) is 0 Å². The van der Waals surface area contributed by atoms with E-state index in [0.717, 1.165) is 5.69 Å². The second-order valence-electron chi connectivity index (χ2n) is 6.72. The van der Waals surface area contributed by atoms with Gasteiger partial charge in [0.25, 0.3) is 0 Å². The van der Waals surface area contributed by atoms with Crippen LogP contribution in [0.15, 0.2) is 18.3 Å². The van der Waals surface area contributed by atoms with Crippen LogP contribution < -0.4 is 10.6 Å². The van der Waals surface area contributed by atoms with Crippen LogP contribution in [-0.2, 0) is 4.74 Å². The second kappa shape index (κ2) is 6.33. The van der Waals surface area contributed by atoms with Gasteiger partial charge in [0.2, 0.25) is 0 Å². The Balaban J connectivity index is 1.88. The molecule has 0 radical (unpaired) electrons. The van der Waals surface area contributed by atoms with Crippen LogP contribution in [0.2, 0.25) is 0 Å². The van der Waals surface area contributed by atoms with Crippen molar-refractivity contribution in [1.29, 1.82) is 0 Å². The van der Waals surface area contributed by atoms with E-state index in [2.05, 4.69) is 22.5 Å². The van der Waals surface area contributed by atoms with Gasteiger partial charge in [-0.1, -0.05) is 13.3 Å². The molecule has 1 saturated carbocycles. The molecule has 0 spiro atoms. The molecule has 1 amide bonds. The van der Waals surface area contributed by atoms with Gasteiger partial charge < -0.3 is 10.1 Å². The lowest BCUT2D eigenvalue weighted by Gasteiger charge is -2.20. The number of ether oxygens (including phenoxy) is 1. The van der Waals surface area contributed by atoms with Crippen molar-refractivity contribution >= 4 is 17.6 Å². The van der Waals surface area contributed by atoms with E-state index in [1.807, 2.05) is 26.8 Å². The fourth-order valence-electron chi connectivity index (χ4n) is 2.54. The molecule has 1 aromatic rings. The third-order valence-electron chi connectivity index (χ3n) is 3.61. The number of hydrogen-bond donors (Lipinski definition) is 2. The van der Waals surface area contributed by atoms with Crippen molar-refractivity contribution in [2.24, 2.45) is 5.92 Å². The summed E-state index contributed by atoms with van der Waals surface area (Å²) in [5, 5.41) is 6.13. The van der Waals surface area contributed by atoms with Gasteiger partial charge in [-0.2, -0.15) is 0 Å². The molecule has 2 rings (SSSR count). The van der Waals surface area contributed by atoms with Crippen LogP contribution >= 0.6 is 0 Å². The quantitative estimate of drug-likeness (QED) is 0.882. The highest BCUT2D eigenvalue weighted by atomic mass is 16.6. The highest BCUT2D eigenvalue weighted by Gasteiger charge is 2.23. The Morgan fingerprint density at radius 3 is 2.62 bits per heavy atom. The minimum Gasteiger partial charge on any atom is -0.444 e. The molecule has 1 aromatic heterocycles. The van der Waals surface area contributed by atoms with Crippen LogP contribution in [0.4, 0.5) is 16.3 Å². The van der Waals surface area contributed by atoms with Crippen molar-refractivity contribution < 1.29 is 9.53 Å². The Labute approximate surface area is 126 Å². The van der Waals surface area contributed by atoms with E-state index >= 15 is 0 Å². The molecule has 1 fully saturated rings. The molecule has 5 heteroatoms. The van der Waals surface area contributed by atoms with Crippen molar-refractivity contribution in [1.82, 2.24) is 4.98 Å². The molecule has 1 heterocycles. The number of nitrogens with one attached hydrogen (secondary N) is 2. The molecular weight excluding hydrogens is 266 g/mol. The number of anilines is 2. The predicted octanol–water partition coefficient (Wildman–Crippen LogP) is 4.03. The van der Waals surface area contributed by atoms with Crippen LogP contribution in [-0.4, -0.2) is 22.7 Å². The third-order valence-corrected chi connectivity index (χ3v) is 3.61. The summed E-state index contributed by atoms with van der Waals surface area (Å²) in [6, 6.07) is 4.24. The van der Waals surface area contributed by atoms with Gasteiger partial charge in [-0.25, -0.2) is 9.78 Å². The minimum atomic E-state index is -0.510. The summed E-state index contributed by atoms with van der Waals surface area (Å²) in [5.41, 5.74) is 0.480. The number of nitrogens with zero attached hydrogens (tertiary/aromatic N) is 1. The normalized spacial score (nSPS) is 21.9. The number of aromatic nitrogens is 1. The Morgan fingerprint density at radius 1 is 1.33 bits per heavy atom. The van der Waals surface area contributed by atoms with Crippen molar-refractivity contribution in [2.75, 3.05) is 10.6 Å². The van der Waals surface area contributed by atoms with Gasteiger partial charge in [-0.15, -0.1) is 0 Å². The molecule has 1 aliphatic rings. The molecule has 0 bridgehead atoms. The fraction of sp³-hybridized carbons (Fsp3) is 0.625. The first-order valence-electron chi connectivity index (χ1n) is 7.56. The lowest BCUT2D eigenvalue weighted by Crippen LogP contribution is -2.27. The summed E-state index contributed by atoms with van der Waals surface area (Å²) in [5.74, 6) is 1.19.